The number of amides is 1. The van der Waals surface area contributed by atoms with Crippen LogP contribution in [0.25, 0.3) is 0 Å². The first-order chi connectivity index (χ1) is 5.65. The lowest BCUT2D eigenvalue weighted by Gasteiger charge is -2.04. The van der Waals surface area contributed by atoms with Crippen molar-refractivity contribution in [1.29, 1.82) is 0 Å². The summed E-state index contributed by atoms with van der Waals surface area (Å²) < 4.78 is 0. The average molecular weight is 173 g/mol. The predicted octanol–water partition coefficient (Wildman–Crippen LogP) is -1.96. The largest absolute Gasteiger partial charge is 0.480 e. The fraction of sp³-hybridized carbons (Fsp3) is 0.667. The lowest BCUT2D eigenvalue weighted by atomic mass is 10.1. The first-order valence-electron chi connectivity index (χ1n) is 3.61. The zero-order chi connectivity index (χ0) is 9.14. The lowest BCUT2D eigenvalue weighted by Crippen LogP contribution is -2.36. The number of carboxylic acid groups (broad SMARTS) is 1. The molecule has 12 heavy (non-hydrogen) atoms. The van der Waals surface area contributed by atoms with Gasteiger partial charge in [0, 0.05) is 6.54 Å². The Kier molecular flexibility index (Phi) is 2.61. The maximum Gasteiger partial charge on any atom is 0.320 e. The standard InChI is InChI=1S/C6H11N3O3/c7-9-5(10)3-1-4(6(11)12)8-2-3/h3-4,8H,1-2,7H2,(H,9,10)(H,11,12)/t3-,4+/m1/s1. The molecule has 0 radical (unpaired) electrons. The first kappa shape index (κ1) is 8.95. The number of carbonyl (C=O) groups is 2. The fourth-order valence-electron chi connectivity index (χ4n) is 1.24. The van der Waals surface area contributed by atoms with Gasteiger partial charge >= 0.3 is 5.97 Å². The van der Waals surface area contributed by atoms with Gasteiger partial charge in [0.1, 0.15) is 6.04 Å². The minimum Gasteiger partial charge on any atom is -0.480 e. The topological polar surface area (TPSA) is 104 Å². The molecule has 0 unspecified atom stereocenters. The monoisotopic (exact) mass is 173 g/mol. The van der Waals surface area contributed by atoms with E-state index in [4.69, 9.17) is 10.9 Å². The van der Waals surface area contributed by atoms with Gasteiger partial charge in [-0.25, -0.2) is 5.84 Å². The third-order valence-electron chi connectivity index (χ3n) is 1.94. The van der Waals surface area contributed by atoms with E-state index in [1.54, 1.807) is 0 Å². The highest BCUT2D eigenvalue weighted by atomic mass is 16.4. The maximum absolute atomic E-state index is 10.9. The Bertz CT molecular complexity index is 206. The van der Waals surface area contributed by atoms with Gasteiger partial charge in [0.2, 0.25) is 5.91 Å². The summed E-state index contributed by atoms with van der Waals surface area (Å²) in [6.45, 7) is 0.375. The highest BCUT2D eigenvalue weighted by molar-refractivity contribution is 5.81. The smallest absolute Gasteiger partial charge is 0.320 e. The third kappa shape index (κ3) is 1.72. The maximum atomic E-state index is 10.9. The molecular weight excluding hydrogens is 162 g/mol. The molecule has 6 nitrogen and oxygen atoms in total. The number of rotatable bonds is 2. The van der Waals surface area contributed by atoms with Crippen LogP contribution in [0.1, 0.15) is 6.42 Å². The van der Waals surface area contributed by atoms with Gasteiger partial charge in [-0.2, -0.15) is 0 Å². The van der Waals surface area contributed by atoms with E-state index >= 15 is 0 Å². The minimum atomic E-state index is -0.928. The Morgan fingerprint density at radius 2 is 2.25 bits per heavy atom. The molecule has 0 aliphatic carbocycles. The van der Waals surface area contributed by atoms with Crippen molar-refractivity contribution in [2.75, 3.05) is 6.54 Å². The van der Waals surface area contributed by atoms with Crippen molar-refractivity contribution >= 4 is 11.9 Å². The second kappa shape index (κ2) is 3.51. The van der Waals surface area contributed by atoms with E-state index in [1.807, 2.05) is 5.43 Å². The van der Waals surface area contributed by atoms with Crippen LogP contribution in [0.2, 0.25) is 0 Å². The van der Waals surface area contributed by atoms with Crippen molar-refractivity contribution in [1.82, 2.24) is 10.7 Å². The van der Waals surface area contributed by atoms with Crippen LogP contribution >= 0.6 is 0 Å². The number of nitrogens with one attached hydrogen (secondary N) is 2. The molecule has 0 aromatic carbocycles. The van der Waals surface area contributed by atoms with E-state index in [0.717, 1.165) is 0 Å². The molecule has 1 aliphatic rings. The Balaban J connectivity index is 2.45. The number of carboxylic acids is 1. The number of hydrazine groups is 1. The summed E-state index contributed by atoms with van der Waals surface area (Å²) in [5.74, 6) is 3.33. The van der Waals surface area contributed by atoms with Crippen molar-refractivity contribution in [3.63, 3.8) is 0 Å². The van der Waals surface area contributed by atoms with Crippen molar-refractivity contribution in [2.45, 2.75) is 12.5 Å². The Hall–Kier alpha value is -1.14. The molecular formula is C6H11N3O3. The number of carbonyl (C=O) groups excluding carboxylic acids is 1. The highest BCUT2D eigenvalue weighted by Gasteiger charge is 2.32. The van der Waals surface area contributed by atoms with Gasteiger partial charge in [0.15, 0.2) is 0 Å². The summed E-state index contributed by atoms with van der Waals surface area (Å²) in [4.78, 5) is 21.3. The number of nitrogens with two attached hydrogens (primary N) is 1. The molecule has 2 atom stereocenters. The first-order valence-corrected chi connectivity index (χ1v) is 3.61. The highest BCUT2D eigenvalue weighted by Crippen LogP contribution is 2.13. The number of aliphatic carboxylic acids is 1. The van der Waals surface area contributed by atoms with Crippen molar-refractivity contribution in [3.05, 3.63) is 0 Å². The molecule has 1 heterocycles. The van der Waals surface area contributed by atoms with Gasteiger partial charge in [0.05, 0.1) is 5.92 Å². The van der Waals surface area contributed by atoms with Crippen LogP contribution in [0, 0.1) is 5.92 Å². The van der Waals surface area contributed by atoms with Crippen molar-refractivity contribution in [2.24, 2.45) is 11.8 Å². The van der Waals surface area contributed by atoms with Crippen LogP contribution in [-0.2, 0) is 9.59 Å². The second-order valence-corrected chi connectivity index (χ2v) is 2.74. The van der Waals surface area contributed by atoms with Gasteiger partial charge in [-0.1, -0.05) is 0 Å². The van der Waals surface area contributed by atoms with Crippen molar-refractivity contribution < 1.29 is 14.7 Å². The van der Waals surface area contributed by atoms with Gasteiger partial charge in [0.25, 0.3) is 0 Å². The summed E-state index contributed by atoms with van der Waals surface area (Å²) in [6, 6.07) is -0.618. The van der Waals surface area contributed by atoms with Gasteiger partial charge in [-0.05, 0) is 6.42 Å². The quantitative estimate of drug-likeness (QED) is 0.220. The molecule has 0 bridgehead atoms. The number of hydrogen-bond donors (Lipinski definition) is 4. The molecule has 1 amide bonds. The van der Waals surface area contributed by atoms with Crippen molar-refractivity contribution in [3.8, 4) is 0 Å². The summed E-state index contributed by atoms with van der Waals surface area (Å²) in [7, 11) is 0. The molecule has 1 aliphatic heterocycles. The lowest BCUT2D eigenvalue weighted by molar-refractivity contribution is -0.139. The van der Waals surface area contributed by atoms with E-state index in [9.17, 15) is 9.59 Å². The molecule has 1 saturated heterocycles. The summed E-state index contributed by atoms with van der Waals surface area (Å²) in [6.07, 6.45) is 0.304. The molecule has 6 heteroatoms. The summed E-state index contributed by atoms with van der Waals surface area (Å²) >= 11 is 0. The van der Waals surface area contributed by atoms with E-state index in [2.05, 4.69) is 5.32 Å². The molecule has 0 spiro atoms. The van der Waals surface area contributed by atoms with Gasteiger partial charge in [-0.15, -0.1) is 0 Å². The second-order valence-electron chi connectivity index (χ2n) is 2.74. The van der Waals surface area contributed by atoms with Crippen LogP contribution in [0.3, 0.4) is 0 Å². The van der Waals surface area contributed by atoms with Crippen LogP contribution in [0.5, 0.6) is 0 Å². The molecule has 0 saturated carbocycles. The summed E-state index contributed by atoms with van der Waals surface area (Å²) in [5.41, 5.74) is 1.99. The van der Waals surface area contributed by atoms with E-state index in [0.29, 0.717) is 13.0 Å². The summed E-state index contributed by atoms with van der Waals surface area (Å²) in [5, 5.41) is 11.3. The average Bonchev–Trinajstić information content (AvgIpc) is 2.51. The Morgan fingerprint density at radius 3 is 2.67 bits per heavy atom. The van der Waals surface area contributed by atoms with E-state index in [-0.39, 0.29) is 11.8 Å². The van der Waals surface area contributed by atoms with E-state index < -0.39 is 12.0 Å². The Labute approximate surface area is 69.1 Å². The predicted molar refractivity (Wildman–Crippen MR) is 39.9 cm³/mol. The zero-order valence-electron chi connectivity index (χ0n) is 6.41. The third-order valence-corrected chi connectivity index (χ3v) is 1.94. The molecule has 0 aromatic rings. The molecule has 1 rings (SSSR count). The molecule has 5 N–H and O–H groups in total. The molecule has 68 valence electrons. The van der Waals surface area contributed by atoms with Gasteiger partial charge in [-0.3, -0.25) is 15.0 Å². The van der Waals surface area contributed by atoms with Crippen LogP contribution in [0.15, 0.2) is 0 Å². The SMILES string of the molecule is NNC(=O)[C@H]1CN[C@H](C(=O)O)C1. The molecule has 1 fully saturated rings. The minimum absolute atomic E-state index is 0.304. The Morgan fingerprint density at radius 1 is 1.58 bits per heavy atom. The number of hydrogen-bond acceptors (Lipinski definition) is 4. The van der Waals surface area contributed by atoms with Gasteiger partial charge < -0.3 is 10.4 Å². The van der Waals surface area contributed by atoms with E-state index in [1.165, 1.54) is 0 Å². The normalized spacial score (nSPS) is 28.4. The molecule has 0 aromatic heterocycles. The fourth-order valence-corrected chi connectivity index (χ4v) is 1.24. The van der Waals surface area contributed by atoms with Crippen LogP contribution in [0.4, 0.5) is 0 Å². The van der Waals surface area contributed by atoms with Crippen LogP contribution < -0.4 is 16.6 Å². The van der Waals surface area contributed by atoms with Crippen LogP contribution in [-0.4, -0.2) is 29.6 Å². The zero-order valence-corrected chi connectivity index (χ0v) is 6.41.